The second-order valence-corrected chi connectivity index (χ2v) is 10.2. The van der Waals surface area contributed by atoms with Crippen LogP contribution in [0.3, 0.4) is 0 Å². The number of rotatable bonds is 1. The summed E-state index contributed by atoms with van der Waals surface area (Å²) >= 11 is 12.6. The molecule has 2 aromatic rings. The zero-order chi connectivity index (χ0) is 23.7. The topological polar surface area (TPSA) is 99.2 Å². The van der Waals surface area contributed by atoms with Crippen molar-refractivity contribution in [3.63, 3.8) is 0 Å². The fraction of sp³-hybridized carbons (Fsp3) is 0.240. The van der Waals surface area contributed by atoms with E-state index in [2.05, 4.69) is 11.4 Å². The van der Waals surface area contributed by atoms with Crippen molar-refractivity contribution < 1.29 is 9.59 Å². The Morgan fingerprint density at radius 3 is 2.42 bits per heavy atom. The molecule has 1 aliphatic carbocycles. The average Bonchev–Trinajstić information content (AvgIpc) is 2.99. The molecule has 0 aromatic heterocycles. The van der Waals surface area contributed by atoms with Gasteiger partial charge in [-0.25, -0.2) is 0 Å². The zero-order valence-corrected chi connectivity index (χ0v) is 19.5. The van der Waals surface area contributed by atoms with Crippen LogP contribution in [0, 0.1) is 16.7 Å². The summed E-state index contributed by atoms with van der Waals surface area (Å²) in [5.41, 5.74) is 7.19. The van der Waals surface area contributed by atoms with E-state index in [-0.39, 0.29) is 34.6 Å². The molecule has 5 rings (SSSR count). The number of Topliss-reactive ketones (excluding diaryl/α,β-unsaturated/α-hetero) is 1. The molecule has 2 heterocycles. The van der Waals surface area contributed by atoms with Crippen molar-refractivity contribution in [2.24, 2.45) is 11.1 Å². The number of allylic oxidation sites excluding steroid dienone is 1. The van der Waals surface area contributed by atoms with E-state index < -0.39 is 11.3 Å². The van der Waals surface area contributed by atoms with Gasteiger partial charge in [-0.2, -0.15) is 5.26 Å². The highest BCUT2D eigenvalue weighted by Gasteiger charge is 2.61. The van der Waals surface area contributed by atoms with E-state index in [9.17, 15) is 14.9 Å². The molecule has 2 aromatic carbocycles. The lowest BCUT2D eigenvalue weighted by Crippen LogP contribution is -2.52. The Kier molecular flexibility index (Phi) is 4.65. The summed E-state index contributed by atoms with van der Waals surface area (Å²) in [5.74, 6) is -0.564. The van der Waals surface area contributed by atoms with Gasteiger partial charge in [0.15, 0.2) is 5.78 Å². The molecule has 0 fully saturated rings. The quantitative estimate of drug-likeness (QED) is 0.597. The first-order valence-electron chi connectivity index (χ1n) is 10.4. The monoisotopic (exact) mass is 478 g/mol. The smallest absolute Gasteiger partial charge is 0.245 e. The van der Waals surface area contributed by atoms with Gasteiger partial charge in [-0.3, -0.25) is 14.5 Å². The molecule has 0 saturated heterocycles. The molecule has 6 nitrogen and oxygen atoms in total. The number of ketones is 1. The van der Waals surface area contributed by atoms with Crippen molar-refractivity contribution in [1.82, 2.24) is 0 Å². The third-order valence-corrected chi connectivity index (χ3v) is 6.94. The molecule has 0 radical (unpaired) electrons. The standard InChI is InChI=1S/C25H20Cl2N4O2/c1-24(2)10-19-21(20(32)11-24)25(16-5-3-4-6-18(16)30-23(25)33)17(12-28)22(29)31(19)15-8-13(26)7-14(27)9-15/h3-9H,10-11,29H2,1-2H3,(H,30,33)/t25-/m0/s1. The van der Waals surface area contributed by atoms with E-state index >= 15 is 0 Å². The lowest BCUT2D eigenvalue weighted by molar-refractivity contribution is -0.123. The van der Waals surface area contributed by atoms with Crippen LogP contribution in [0.1, 0.15) is 32.3 Å². The summed E-state index contributed by atoms with van der Waals surface area (Å²) in [5, 5.41) is 13.9. The number of halogens is 2. The van der Waals surface area contributed by atoms with E-state index in [0.29, 0.717) is 39.1 Å². The molecule has 1 atom stereocenters. The normalized spacial score (nSPS) is 23.4. The summed E-state index contributed by atoms with van der Waals surface area (Å²) in [6.45, 7) is 3.99. The number of nitrogens with two attached hydrogens (primary N) is 1. The zero-order valence-electron chi connectivity index (χ0n) is 18.0. The van der Waals surface area contributed by atoms with Gasteiger partial charge in [-0.1, -0.05) is 55.2 Å². The first kappa shape index (κ1) is 21.6. The van der Waals surface area contributed by atoms with Crippen LogP contribution >= 0.6 is 23.2 Å². The predicted octanol–water partition coefficient (Wildman–Crippen LogP) is 5.04. The SMILES string of the molecule is CC1(C)CC(=O)C2=C(C1)N(c1cc(Cl)cc(Cl)c1)C(N)=C(C#N)[C@]21C(=O)Nc2ccccc21. The molecule has 3 N–H and O–H groups in total. The van der Waals surface area contributed by atoms with Gasteiger partial charge in [0, 0.05) is 39.0 Å². The third-order valence-electron chi connectivity index (χ3n) is 6.51. The van der Waals surface area contributed by atoms with Crippen LogP contribution in [-0.4, -0.2) is 11.7 Å². The van der Waals surface area contributed by atoms with Gasteiger partial charge >= 0.3 is 0 Å². The number of carbonyl (C=O) groups excluding carboxylic acids is 2. The van der Waals surface area contributed by atoms with Crippen LogP contribution in [0.5, 0.6) is 0 Å². The van der Waals surface area contributed by atoms with E-state index in [1.54, 1.807) is 47.4 Å². The number of benzene rings is 2. The molecule has 1 amide bonds. The Labute approximate surface area is 201 Å². The summed E-state index contributed by atoms with van der Waals surface area (Å²) in [6.07, 6.45) is 0.709. The van der Waals surface area contributed by atoms with Gasteiger partial charge < -0.3 is 11.1 Å². The molecular weight excluding hydrogens is 459 g/mol. The molecular formula is C25H20Cl2N4O2. The highest BCUT2D eigenvalue weighted by molar-refractivity contribution is 6.35. The fourth-order valence-electron chi connectivity index (χ4n) is 5.34. The fourth-order valence-corrected chi connectivity index (χ4v) is 5.85. The first-order valence-corrected chi connectivity index (χ1v) is 11.2. The second kappa shape index (κ2) is 7.11. The van der Waals surface area contributed by atoms with Crippen LogP contribution in [-0.2, 0) is 15.0 Å². The van der Waals surface area contributed by atoms with E-state index in [1.807, 2.05) is 13.8 Å². The largest absolute Gasteiger partial charge is 0.384 e. The Balaban J connectivity index is 1.91. The molecule has 0 unspecified atom stereocenters. The van der Waals surface area contributed by atoms with Crippen LogP contribution < -0.4 is 16.0 Å². The molecule has 3 aliphatic rings. The minimum Gasteiger partial charge on any atom is -0.384 e. The summed E-state index contributed by atoms with van der Waals surface area (Å²) < 4.78 is 0. The molecule has 166 valence electrons. The summed E-state index contributed by atoms with van der Waals surface area (Å²) in [4.78, 5) is 29.0. The number of nitriles is 1. The average molecular weight is 479 g/mol. The Bertz CT molecular complexity index is 1350. The lowest BCUT2D eigenvalue weighted by atomic mass is 9.61. The summed E-state index contributed by atoms with van der Waals surface area (Å²) in [7, 11) is 0. The van der Waals surface area contributed by atoms with Crippen molar-refractivity contribution in [1.29, 1.82) is 5.26 Å². The first-order chi connectivity index (χ1) is 15.6. The number of para-hydroxylation sites is 1. The van der Waals surface area contributed by atoms with Crippen LogP contribution in [0.25, 0.3) is 0 Å². The number of amides is 1. The van der Waals surface area contributed by atoms with Gasteiger partial charge in [0.1, 0.15) is 17.3 Å². The molecule has 1 spiro atoms. The van der Waals surface area contributed by atoms with E-state index in [1.165, 1.54) is 0 Å². The number of hydrogen-bond donors (Lipinski definition) is 2. The highest BCUT2D eigenvalue weighted by Crippen LogP contribution is 2.57. The molecule has 0 bridgehead atoms. The van der Waals surface area contributed by atoms with Gasteiger partial charge in [0.2, 0.25) is 5.91 Å². The van der Waals surface area contributed by atoms with Crippen LogP contribution in [0.2, 0.25) is 10.0 Å². The highest BCUT2D eigenvalue weighted by atomic mass is 35.5. The van der Waals surface area contributed by atoms with Crippen molar-refractivity contribution in [3.05, 3.63) is 80.7 Å². The number of fused-ring (bicyclic) bond motifs is 3. The Hall–Kier alpha value is -3.27. The minimum atomic E-state index is -1.60. The number of nitrogens with one attached hydrogen (secondary N) is 1. The Morgan fingerprint density at radius 1 is 1.09 bits per heavy atom. The number of anilines is 2. The molecule has 33 heavy (non-hydrogen) atoms. The van der Waals surface area contributed by atoms with Crippen molar-refractivity contribution >= 4 is 46.3 Å². The van der Waals surface area contributed by atoms with Gasteiger partial charge in [-0.05, 0) is 36.1 Å². The minimum absolute atomic E-state index is 0.00727. The van der Waals surface area contributed by atoms with Gasteiger partial charge in [0.25, 0.3) is 0 Å². The molecule has 2 aliphatic heterocycles. The Morgan fingerprint density at radius 2 is 1.76 bits per heavy atom. The van der Waals surface area contributed by atoms with Crippen LogP contribution in [0.15, 0.2) is 65.1 Å². The second-order valence-electron chi connectivity index (χ2n) is 9.35. The number of nitrogens with zero attached hydrogens (tertiary/aromatic N) is 2. The molecule has 0 saturated carbocycles. The van der Waals surface area contributed by atoms with E-state index in [4.69, 9.17) is 28.9 Å². The number of carbonyl (C=O) groups is 2. The lowest BCUT2D eigenvalue weighted by Gasteiger charge is -2.46. The van der Waals surface area contributed by atoms with Gasteiger partial charge in [0.05, 0.1) is 11.3 Å². The van der Waals surface area contributed by atoms with Gasteiger partial charge in [-0.15, -0.1) is 0 Å². The van der Waals surface area contributed by atoms with Crippen molar-refractivity contribution in [2.45, 2.75) is 32.1 Å². The van der Waals surface area contributed by atoms with Crippen molar-refractivity contribution in [3.8, 4) is 6.07 Å². The molecule has 8 heteroatoms. The summed E-state index contributed by atoms with van der Waals surface area (Å²) in [6, 6.07) is 14.2. The van der Waals surface area contributed by atoms with Crippen molar-refractivity contribution in [2.75, 3.05) is 10.2 Å². The maximum Gasteiger partial charge on any atom is 0.245 e. The maximum absolute atomic E-state index is 13.8. The maximum atomic E-state index is 13.8. The number of hydrogen-bond acceptors (Lipinski definition) is 5. The third kappa shape index (κ3) is 2.93. The van der Waals surface area contributed by atoms with Crippen LogP contribution in [0.4, 0.5) is 11.4 Å². The van der Waals surface area contributed by atoms with E-state index in [0.717, 1.165) is 0 Å². The predicted molar refractivity (Wildman–Crippen MR) is 128 cm³/mol.